The highest BCUT2D eigenvalue weighted by atomic mass is 16.5. The van der Waals surface area contributed by atoms with Gasteiger partial charge in [0, 0.05) is 12.2 Å². The number of ether oxygens (including phenoxy) is 1. The standard InChI is InChI=1S/C22H20N2O3/c25-21(23-16-17-7-3-1-4-8-17)15-22(26)24-18-11-13-20(14-12-18)27-19-9-5-2-6-10-19/h1-14H,15-16H2,(H,23,25)(H,24,26). The SMILES string of the molecule is O=C(CC(=O)Nc1ccc(Oc2ccccc2)cc1)NCc1ccccc1. The Labute approximate surface area is 158 Å². The number of benzene rings is 3. The number of amides is 2. The van der Waals surface area contributed by atoms with Crippen LogP contribution in [0.1, 0.15) is 12.0 Å². The van der Waals surface area contributed by atoms with Gasteiger partial charge in [-0.1, -0.05) is 48.5 Å². The van der Waals surface area contributed by atoms with Crippen LogP contribution in [0.4, 0.5) is 5.69 Å². The Morgan fingerprint density at radius 2 is 1.30 bits per heavy atom. The van der Waals surface area contributed by atoms with E-state index in [4.69, 9.17) is 4.74 Å². The predicted molar refractivity (Wildman–Crippen MR) is 104 cm³/mol. The Morgan fingerprint density at radius 1 is 0.704 bits per heavy atom. The number of hydrogen-bond donors (Lipinski definition) is 2. The number of para-hydroxylation sites is 1. The molecule has 0 bridgehead atoms. The Balaban J connectivity index is 1.45. The van der Waals surface area contributed by atoms with Crippen molar-refractivity contribution in [3.63, 3.8) is 0 Å². The summed E-state index contributed by atoms with van der Waals surface area (Å²) in [6.07, 6.45) is -0.227. The van der Waals surface area contributed by atoms with Crippen molar-refractivity contribution in [2.45, 2.75) is 13.0 Å². The van der Waals surface area contributed by atoms with Crippen LogP contribution in [0.25, 0.3) is 0 Å². The van der Waals surface area contributed by atoms with Crippen molar-refractivity contribution in [2.75, 3.05) is 5.32 Å². The van der Waals surface area contributed by atoms with E-state index in [0.29, 0.717) is 18.0 Å². The predicted octanol–water partition coefficient (Wildman–Crippen LogP) is 4.12. The maximum Gasteiger partial charge on any atom is 0.233 e. The highest BCUT2D eigenvalue weighted by Crippen LogP contribution is 2.22. The van der Waals surface area contributed by atoms with Gasteiger partial charge in [0.2, 0.25) is 11.8 Å². The molecule has 0 aliphatic heterocycles. The zero-order valence-corrected chi connectivity index (χ0v) is 14.7. The van der Waals surface area contributed by atoms with Crippen LogP contribution >= 0.6 is 0 Å². The normalized spacial score (nSPS) is 10.1. The Kier molecular flexibility index (Phi) is 6.20. The fraction of sp³-hybridized carbons (Fsp3) is 0.0909. The van der Waals surface area contributed by atoms with Gasteiger partial charge in [0.1, 0.15) is 17.9 Å². The van der Waals surface area contributed by atoms with E-state index in [9.17, 15) is 9.59 Å². The van der Waals surface area contributed by atoms with E-state index in [0.717, 1.165) is 11.3 Å². The van der Waals surface area contributed by atoms with E-state index < -0.39 is 0 Å². The van der Waals surface area contributed by atoms with Crippen LogP contribution in [0, 0.1) is 0 Å². The summed E-state index contributed by atoms with van der Waals surface area (Å²) < 4.78 is 5.70. The molecule has 0 fully saturated rings. The molecule has 0 radical (unpaired) electrons. The lowest BCUT2D eigenvalue weighted by atomic mass is 10.2. The molecule has 27 heavy (non-hydrogen) atoms. The maximum absolute atomic E-state index is 12.0. The lowest BCUT2D eigenvalue weighted by molar-refractivity contribution is -0.126. The molecule has 0 spiro atoms. The minimum absolute atomic E-state index is 0.227. The molecule has 0 saturated carbocycles. The third-order valence-corrected chi connectivity index (χ3v) is 3.77. The summed E-state index contributed by atoms with van der Waals surface area (Å²) in [6.45, 7) is 0.401. The molecule has 0 unspecified atom stereocenters. The number of carbonyl (C=O) groups is 2. The van der Waals surface area contributed by atoms with Crippen molar-refractivity contribution in [1.82, 2.24) is 5.32 Å². The van der Waals surface area contributed by atoms with E-state index in [1.807, 2.05) is 60.7 Å². The molecular weight excluding hydrogens is 340 g/mol. The molecule has 5 nitrogen and oxygen atoms in total. The van der Waals surface area contributed by atoms with E-state index in [-0.39, 0.29) is 18.2 Å². The molecule has 0 aromatic heterocycles. The summed E-state index contributed by atoms with van der Waals surface area (Å²) in [5.41, 5.74) is 1.59. The summed E-state index contributed by atoms with van der Waals surface area (Å²) >= 11 is 0. The molecule has 2 amide bonds. The third kappa shape index (κ3) is 6.01. The van der Waals surface area contributed by atoms with Crippen molar-refractivity contribution >= 4 is 17.5 Å². The molecule has 0 saturated heterocycles. The molecule has 2 N–H and O–H groups in total. The van der Waals surface area contributed by atoms with Crippen molar-refractivity contribution in [3.05, 3.63) is 90.5 Å². The first-order chi connectivity index (χ1) is 13.2. The van der Waals surface area contributed by atoms with E-state index in [1.165, 1.54) is 0 Å². The zero-order valence-electron chi connectivity index (χ0n) is 14.7. The number of rotatable bonds is 7. The molecule has 3 aromatic carbocycles. The van der Waals surface area contributed by atoms with Crippen LogP contribution in [-0.4, -0.2) is 11.8 Å². The lowest BCUT2D eigenvalue weighted by Gasteiger charge is -2.08. The van der Waals surface area contributed by atoms with Gasteiger partial charge in [0.05, 0.1) is 0 Å². The number of hydrogen-bond acceptors (Lipinski definition) is 3. The first kappa shape index (κ1) is 18.2. The Bertz CT molecular complexity index is 878. The van der Waals surface area contributed by atoms with Gasteiger partial charge in [0.25, 0.3) is 0 Å². The van der Waals surface area contributed by atoms with E-state index >= 15 is 0 Å². The summed E-state index contributed by atoms with van der Waals surface area (Å²) in [7, 11) is 0. The zero-order chi connectivity index (χ0) is 18.9. The first-order valence-corrected chi connectivity index (χ1v) is 8.62. The van der Waals surface area contributed by atoms with Gasteiger partial charge in [-0.15, -0.1) is 0 Å². The Hall–Kier alpha value is -3.60. The monoisotopic (exact) mass is 360 g/mol. The third-order valence-electron chi connectivity index (χ3n) is 3.77. The number of nitrogens with one attached hydrogen (secondary N) is 2. The molecule has 0 aliphatic carbocycles. The fourth-order valence-corrected chi connectivity index (χ4v) is 2.44. The Morgan fingerprint density at radius 3 is 1.96 bits per heavy atom. The minimum atomic E-state index is -0.364. The number of anilines is 1. The van der Waals surface area contributed by atoms with Crippen molar-refractivity contribution in [3.8, 4) is 11.5 Å². The van der Waals surface area contributed by atoms with E-state index in [1.54, 1.807) is 24.3 Å². The molecular formula is C22H20N2O3. The summed E-state index contributed by atoms with van der Waals surface area (Å²) in [5.74, 6) is 0.724. The van der Waals surface area contributed by atoms with Crippen LogP contribution in [0.15, 0.2) is 84.9 Å². The average Bonchev–Trinajstić information content (AvgIpc) is 2.69. The topological polar surface area (TPSA) is 67.4 Å². The highest BCUT2D eigenvalue weighted by Gasteiger charge is 2.09. The highest BCUT2D eigenvalue weighted by molar-refractivity contribution is 6.03. The smallest absolute Gasteiger partial charge is 0.233 e. The van der Waals surface area contributed by atoms with Gasteiger partial charge in [-0.05, 0) is 42.0 Å². The van der Waals surface area contributed by atoms with Gasteiger partial charge in [-0.25, -0.2) is 0 Å². The van der Waals surface area contributed by atoms with E-state index in [2.05, 4.69) is 10.6 Å². The van der Waals surface area contributed by atoms with Crippen molar-refractivity contribution < 1.29 is 14.3 Å². The van der Waals surface area contributed by atoms with Crippen LogP contribution in [0.3, 0.4) is 0 Å². The van der Waals surface area contributed by atoms with Crippen molar-refractivity contribution in [2.24, 2.45) is 0 Å². The molecule has 5 heteroatoms. The van der Waals surface area contributed by atoms with Crippen LogP contribution < -0.4 is 15.4 Å². The van der Waals surface area contributed by atoms with Crippen molar-refractivity contribution in [1.29, 1.82) is 0 Å². The second kappa shape index (κ2) is 9.20. The molecule has 0 heterocycles. The molecule has 0 aliphatic rings. The quantitative estimate of drug-likeness (QED) is 0.623. The molecule has 0 atom stereocenters. The van der Waals surface area contributed by atoms with Crippen LogP contribution in [0.5, 0.6) is 11.5 Å². The van der Waals surface area contributed by atoms with Crippen LogP contribution in [-0.2, 0) is 16.1 Å². The first-order valence-electron chi connectivity index (χ1n) is 8.62. The summed E-state index contributed by atoms with van der Waals surface area (Å²) in [6, 6.07) is 26.0. The second-order valence-corrected chi connectivity index (χ2v) is 5.93. The van der Waals surface area contributed by atoms with Gasteiger partial charge in [-0.3, -0.25) is 9.59 Å². The van der Waals surface area contributed by atoms with Crippen LogP contribution in [0.2, 0.25) is 0 Å². The largest absolute Gasteiger partial charge is 0.457 e. The molecule has 136 valence electrons. The minimum Gasteiger partial charge on any atom is -0.457 e. The number of carbonyl (C=O) groups excluding carboxylic acids is 2. The molecule has 3 rings (SSSR count). The van der Waals surface area contributed by atoms with Gasteiger partial charge >= 0.3 is 0 Å². The fourth-order valence-electron chi connectivity index (χ4n) is 2.44. The van der Waals surface area contributed by atoms with Gasteiger partial charge in [0.15, 0.2) is 0 Å². The summed E-state index contributed by atoms with van der Waals surface area (Å²) in [4.78, 5) is 23.9. The van der Waals surface area contributed by atoms with Gasteiger partial charge < -0.3 is 15.4 Å². The lowest BCUT2D eigenvalue weighted by Crippen LogP contribution is -2.27. The van der Waals surface area contributed by atoms with Gasteiger partial charge in [-0.2, -0.15) is 0 Å². The molecule has 3 aromatic rings. The second-order valence-electron chi connectivity index (χ2n) is 5.93. The maximum atomic E-state index is 12.0. The average molecular weight is 360 g/mol. The summed E-state index contributed by atoms with van der Waals surface area (Å²) in [5, 5.41) is 5.44.